The van der Waals surface area contributed by atoms with Gasteiger partial charge in [0.2, 0.25) is 0 Å². The fraction of sp³-hybridized carbons (Fsp3) is 0.455. The molecule has 3 N–H and O–H groups in total. The molecule has 1 aromatic rings. The normalized spacial score (nSPS) is 20.7. The molecule has 1 aliphatic heterocycles. The second-order valence-corrected chi connectivity index (χ2v) is 4.88. The molecule has 0 aromatic heterocycles. The van der Waals surface area contributed by atoms with E-state index in [-0.39, 0.29) is 11.5 Å². The third-order valence-corrected chi connectivity index (χ3v) is 3.74. The molecule has 2 rings (SSSR count). The van der Waals surface area contributed by atoms with Gasteiger partial charge in [0.25, 0.3) is 0 Å². The van der Waals surface area contributed by atoms with Gasteiger partial charge in [-0.15, -0.1) is 11.8 Å². The molecule has 1 aliphatic rings. The number of hydrogen-bond donors (Lipinski definition) is 2. The van der Waals surface area contributed by atoms with Crippen LogP contribution in [0.1, 0.15) is 12.8 Å². The highest BCUT2D eigenvalue weighted by Gasteiger charge is 2.14. The van der Waals surface area contributed by atoms with E-state index in [1.807, 2.05) is 6.07 Å². The standard InChI is InChI=1S/C11H15FN2S/c12-10-6-9(3-4-11(10)13)15-7-8-2-1-5-14-8/h3-4,6,8,14H,1-2,5,7,13H2. The number of halogens is 1. The van der Waals surface area contributed by atoms with E-state index in [0.717, 1.165) is 17.2 Å². The van der Waals surface area contributed by atoms with Gasteiger partial charge in [0.1, 0.15) is 5.82 Å². The maximum atomic E-state index is 13.1. The van der Waals surface area contributed by atoms with Crippen molar-refractivity contribution in [1.82, 2.24) is 5.32 Å². The van der Waals surface area contributed by atoms with Gasteiger partial charge >= 0.3 is 0 Å². The lowest BCUT2D eigenvalue weighted by Gasteiger charge is -2.09. The van der Waals surface area contributed by atoms with Crippen LogP contribution in [-0.4, -0.2) is 18.3 Å². The van der Waals surface area contributed by atoms with E-state index in [1.54, 1.807) is 17.8 Å². The van der Waals surface area contributed by atoms with Crippen molar-refractivity contribution >= 4 is 17.4 Å². The molecule has 1 unspecified atom stereocenters. The summed E-state index contributed by atoms with van der Waals surface area (Å²) in [7, 11) is 0. The minimum Gasteiger partial charge on any atom is -0.396 e. The first-order chi connectivity index (χ1) is 7.25. The Balaban J connectivity index is 1.90. The van der Waals surface area contributed by atoms with Crippen LogP contribution in [-0.2, 0) is 0 Å². The lowest BCUT2D eigenvalue weighted by molar-refractivity contribution is 0.629. The van der Waals surface area contributed by atoms with Crippen molar-refractivity contribution in [3.05, 3.63) is 24.0 Å². The summed E-state index contributed by atoms with van der Waals surface area (Å²) in [5, 5.41) is 3.41. The Morgan fingerprint density at radius 1 is 1.53 bits per heavy atom. The summed E-state index contributed by atoms with van der Waals surface area (Å²) < 4.78 is 13.1. The van der Waals surface area contributed by atoms with E-state index in [4.69, 9.17) is 5.73 Å². The van der Waals surface area contributed by atoms with Crippen molar-refractivity contribution in [2.75, 3.05) is 18.0 Å². The zero-order chi connectivity index (χ0) is 10.7. The van der Waals surface area contributed by atoms with E-state index in [0.29, 0.717) is 6.04 Å². The molecule has 4 heteroatoms. The molecular formula is C11H15FN2S. The van der Waals surface area contributed by atoms with Crippen molar-refractivity contribution in [2.45, 2.75) is 23.8 Å². The Hall–Kier alpha value is -0.740. The quantitative estimate of drug-likeness (QED) is 0.613. The lowest BCUT2D eigenvalue weighted by Crippen LogP contribution is -2.23. The number of hydrogen-bond acceptors (Lipinski definition) is 3. The Labute approximate surface area is 93.4 Å². The minimum absolute atomic E-state index is 0.221. The van der Waals surface area contributed by atoms with Crippen LogP contribution in [0.5, 0.6) is 0 Å². The maximum absolute atomic E-state index is 13.1. The van der Waals surface area contributed by atoms with E-state index in [2.05, 4.69) is 5.32 Å². The number of nitrogen functional groups attached to an aromatic ring is 1. The van der Waals surface area contributed by atoms with Gasteiger partial charge in [0, 0.05) is 16.7 Å². The van der Waals surface area contributed by atoms with Crippen LogP contribution in [0.4, 0.5) is 10.1 Å². The molecule has 0 aliphatic carbocycles. The van der Waals surface area contributed by atoms with Crippen molar-refractivity contribution in [3.8, 4) is 0 Å². The molecule has 0 amide bonds. The number of nitrogens with two attached hydrogens (primary N) is 1. The Morgan fingerprint density at radius 3 is 3.07 bits per heavy atom. The van der Waals surface area contributed by atoms with Crippen molar-refractivity contribution in [2.24, 2.45) is 0 Å². The molecular weight excluding hydrogens is 211 g/mol. The highest BCUT2D eigenvalue weighted by atomic mass is 32.2. The summed E-state index contributed by atoms with van der Waals surface area (Å²) in [5.74, 6) is 0.683. The van der Waals surface area contributed by atoms with Crippen LogP contribution in [0.2, 0.25) is 0 Å². The molecule has 2 nitrogen and oxygen atoms in total. The van der Waals surface area contributed by atoms with Gasteiger partial charge in [-0.25, -0.2) is 4.39 Å². The van der Waals surface area contributed by atoms with Crippen LogP contribution >= 0.6 is 11.8 Å². The number of benzene rings is 1. The second-order valence-electron chi connectivity index (χ2n) is 3.79. The van der Waals surface area contributed by atoms with Crippen molar-refractivity contribution in [3.63, 3.8) is 0 Å². The summed E-state index contributed by atoms with van der Waals surface area (Å²) in [5.41, 5.74) is 5.63. The van der Waals surface area contributed by atoms with Gasteiger partial charge in [-0.3, -0.25) is 0 Å². The molecule has 1 aromatic carbocycles. The Kier molecular flexibility index (Phi) is 3.49. The predicted octanol–water partition coefficient (Wildman–Crippen LogP) is 2.25. The highest BCUT2D eigenvalue weighted by Crippen LogP contribution is 2.24. The van der Waals surface area contributed by atoms with Gasteiger partial charge in [-0.05, 0) is 37.6 Å². The molecule has 0 radical (unpaired) electrons. The molecule has 82 valence electrons. The fourth-order valence-corrected chi connectivity index (χ4v) is 2.72. The zero-order valence-electron chi connectivity index (χ0n) is 8.50. The third kappa shape index (κ3) is 2.86. The number of nitrogens with one attached hydrogen (secondary N) is 1. The molecule has 0 spiro atoms. The third-order valence-electron chi connectivity index (χ3n) is 2.59. The van der Waals surface area contributed by atoms with Gasteiger partial charge < -0.3 is 11.1 Å². The van der Waals surface area contributed by atoms with Gasteiger partial charge in [0.05, 0.1) is 5.69 Å². The largest absolute Gasteiger partial charge is 0.396 e. The SMILES string of the molecule is Nc1ccc(SCC2CCCN2)cc1F. The monoisotopic (exact) mass is 226 g/mol. The number of anilines is 1. The second kappa shape index (κ2) is 4.86. The van der Waals surface area contributed by atoms with Gasteiger partial charge in [-0.1, -0.05) is 0 Å². The highest BCUT2D eigenvalue weighted by molar-refractivity contribution is 7.99. The molecule has 1 saturated heterocycles. The summed E-state index contributed by atoms with van der Waals surface area (Å²) in [6, 6.07) is 5.59. The topological polar surface area (TPSA) is 38.0 Å². The van der Waals surface area contributed by atoms with Gasteiger partial charge in [-0.2, -0.15) is 0 Å². The average molecular weight is 226 g/mol. The van der Waals surface area contributed by atoms with E-state index >= 15 is 0 Å². The van der Waals surface area contributed by atoms with Crippen molar-refractivity contribution in [1.29, 1.82) is 0 Å². The van der Waals surface area contributed by atoms with E-state index < -0.39 is 0 Å². The molecule has 1 fully saturated rings. The van der Waals surface area contributed by atoms with E-state index in [9.17, 15) is 4.39 Å². The summed E-state index contributed by atoms with van der Waals surface area (Å²) >= 11 is 1.68. The van der Waals surface area contributed by atoms with Crippen LogP contribution in [0.3, 0.4) is 0 Å². The fourth-order valence-electron chi connectivity index (χ4n) is 1.69. The lowest BCUT2D eigenvalue weighted by atomic mass is 10.3. The summed E-state index contributed by atoms with van der Waals surface area (Å²) in [4.78, 5) is 0.954. The van der Waals surface area contributed by atoms with Crippen molar-refractivity contribution < 1.29 is 4.39 Å². The smallest absolute Gasteiger partial charge is 0.147 e. The first kappa shape index (κ1) is 10.8. The molecule has 1 atom stereocenters. The van der Waals surface area contributed by atoms with Crippen LogP contribution in [0.25, 0.3) is 0 Å². The number of rotatable bonds is 3. The molecule has 0 saturated carbocycles. The van der Waals surface area contributed by atoms with Gasteiger partial charge in [0.15, 0.2) is 0 Å². The average Bonchev–Trinajstić information content (AvgIpc) is 2.73. The van der Waals surface area contributed by atoms with Crippen LogP contribution in [0.15, 0.2) is 23.1 Å². The predicted molar refractivity (Wildman–Crippen MR) is 62.6 cm³/mol. The van der Waals surface area contributed by atoms with Crippen LogP contribution in [0, 0.1) is 5.82 Å². The minimum atomic E-state index is -0.320. The molecule has 1 heterocycles. The maximum Gasteiger partial charge on any atom is 0.147 e. The summed E-state index contributed by atoms with van der Waals surface area (Å²) in [6.07, 6.45) is 2.48. The van der Waals surface area contributed by atoms with E-state index in [1.165, 1.54) is 18.9 Å². The summed E-state index contributed by atoms with van der Waals surface area (Å²) in [6.45, 7) is 1.11. The molecule has 0 bridgehead atoms. The Morgan fingerprint density at radius 2 is 2.40 bits per heavy atom. The first-order valence-corrected chi connectivity index (χ1v) is 6.15. The first-order valence-electron chi connectivity index (χ1n) is 5.17. The Bertz CT molecular complexity index is 337. The number of thioether (sulfide) groups is 1. The molecule has 15 heavy (non-hydrogen) atoms. The van der Waals surface area contributed by atoms with Crippen LogP contribution < -0.4 is 11.1 Å². The zero-order valence-corrected chi connectivity index (χ0v) is 9.32.